The van der Waals surface area contributed by atoms with E-state index in [0.29, 0.717) is 18.2 Å². The molecule has 2 N–H and O–H groups in total. The van der Waals surface area contributed by atoms with Crippen molar-refractivity contribution in [2.45, 2.75) is 38.6 Å². The van der Waals surface area contributed by atoms with Gasteiger partial charge in [0, 0.05) is 19.1 Å². The first-order chi connectivity index (χ1) is 9.11. The number of nitrogens with two attached hydrogens (primary N) is 1. The van der Waals surface area contributed by atoms with E-state index >= 15 is 0 Å². The summed E-state index contributed by atoms with van der Waals surface area (Å²) < 4.78 is 27.1. The molecular formula is C15H22F2N2. The predicted octanol–water partition coefficient (Wildman–Crippen LogP) is 3.31. The third-order valence-corrected chi connectivity index (χ3v) is 3.81. The van der Waals surface area contributed by atoms with Gasteiger partial charge in [0.05, 0.1) is 5.69 Å². The summed E-state index contributed by atoms with van der Waals surface area (Å²) in [5, 5.41) is 0. The highest BCUT2D eigenvalue weighted by Crippen LogP contribution is 2.28. The smallest absolute Gasteiger partial charge is 0.182 e. The van der Waals surface area contributed by atoms with Crippen molar-refractivity contribution in [1.29, 1.82) is 0 Å². The Bertz CT molecular complexity index is 423. The lowest BCUT2D eigenvalue weighted by Gasteiger charge is -2.38. The standard InChI is InChI=1S/C15H22F2N2/c1-2-3-5-11-8-12(18)10-19(9-11)14-7-4-6-13(16)15(14)17/h4,6-7,11-12H,2-3,5,8-10,18H2,1H3. The SMILES string of the molecule is CCCCC1CC(N)CN(c2cccc(F)c2F)C1. The molecule has 1 aliphatic heterocycles. The Kier molecular flexibility index (Phi) is 4.75. The predicted molar refractivity (Wildman–Crippen MR) is 74.2 cm³/mol. The van der Waals surface area contributed by atoms with Gasteiger partial charge in [-0.1, -0.05) is 25.8 Å². The average Bonchev–Trinajstić information content (AvgIpc) is 2.39. The van der Waals surface area contributed by atoms with Gasteiger partial charge in [-0.05, 0) is 30.9 Å². The lowest BCUT2D eigenvalue weighted by atomic mass is 9.90. The number of halogens is 2. The summed E-state index contributed by atoms with van der Waals surface area (Å²) in [4.78, 5) is 1.90. The lowest BCUT2D eigenvalue weighted by molar-refractivity contribution is 0.346. The van der Waals surface area contributed by atoms with Crippen molar-refractivity contribution in [2.24, 2.45) is 11.7 Å². The first-order valence-corrected chi connectivity index (χ1v) is 7.06. The average molecular weight is 268 g/mol. The van der Waals surface area contributed by atoms with Gasteiger partial charge in [0.25, 0.3) is 0 Å². The zero-order chi connectivity index (χ0) is 13.8. The number of anilines is 1. The van der Waals surface area contributed by atoms with Gasteiger partial charge in [-0.25, -0.2) is 8.78 Å². The summed E-state index contributed by atoms with van der Waals surface area (Å²) in [6.07, 6.45) is 4.40. The first kappa shape index (κ1) is 14.3. The number of hydrogen-bond donors (Lipinski definition) is 1. The van der Waals surface area contributed by atoms with Crippen molar-refractivity contribution in [2.75, 3.05) is 18.0 Å². The van der Waals surface area contributed by atoms with Crippen molar-refractivity contribution in [3.05, 3.63) is 29.8 Å². The number of benzene rings is 1. The molecule has 2 rings (SSSR count). The van der Waals surface area contributed by atoms with E-state index in [9.17, 15) is 8.78 Å². The van der Waals surface area contributed by atoms with Gasteiger partial charge in [-0.3, -0.25) is 0 Å². The van der Waals surface area contributed by atoms with Crippen LogP contribution in [0.3, 0.4) is 0 Å². The molecule has 0 radical (unpaired) electrons. The summed E-state index contributed by atoms with van der Waals surface area (Å²) >= 11 is 0. The molecule has 106 valence electrons. The normalized spacial score (nSPS) is 23.7. The van der Waals surface area contributed by atoms with Crippen molar-refractivity contribution >= 4 is 5.69 Å². The van der Waals surface area contributed by atoms with Gasteiger partial charge in [0.2, 0.25) is 0 Å². The van der Waals surface area contributed by atoms with E-state index in [0.717, 1.165) is 38.3 Å². The Morgan fingerprint density at radius 3 is 2.84 bits per heavy atom. The van der Waals surface area contributed by atoms with Crippen LogP contribution in [0.25, 0.3) is 0 Å². The molecule has 0 aromatic heterocycles. The fraction of sp³-hybridized carbons (Fsp3) is 0.600. The van der Waals surface area contributed by atoms with Gasteiger partial charge < -0.3 is 10.6 Å². The second kappa shape index (κ2) is 6.33. The van der Waals surface area contributed by atoms with Crippen LogP contribution in [0.15, 0.2) is 18.2 Å². The molecule has 1 aromatic rings. The van der Waals surface area contributed by atoms with E-state index in [1.165, 1.54) is 0 Å². The summed E-state index contributed by atoms with van der Waals surface area (Å²) in [6.45, 7) is 3.53. The van der Waals surface area contributed by atoms with Crippen LogP contribution in [0.1, 0.15) is 32.6 Å². The van der Waals surface area contributed by atoms with Gasteiger partial charge in [-0.15, -0.1) is 0 Å². The van der Waals surface area contributed by atoms with Crippen LogP contribution in [-0.4, -0.2) is 19.1 Å². The molecule has 1 aromatic carbocycles. The third-order valence-electron chi connectivity index (χ3n) is 3.81. The first-order valence-electron chi connectivity index (χ1n) is 7.06. The minimum absolute atomic E-state index is 0.0401. The molecule has 0 amide bonds. The van der Waals surface area contributed by atoms with Crippen LogP contribution < -0.4 is 10.6 Å². The maximum Gasteiger partial charge on any atom is 0.182 e. The van der Waals surface area contributed by atoms with Gasteiger partial charge >= 0.3 is 0 Å². The molecule has 1 fully saturated rings. The summed E-state index contributed by atoms with van der Waals surface area (Å²) in [6, 6.07) is 4.37. The molecule has 0 spiro atoms. The highest BCUT2D eigenvalue weighted by atomic mass is 19.2. The molecule has 19 heavy (non-hydrogen) atoms. The zero-order valence-corrected chi connectivity index (χ0v) is 11.4. The molecule has 4 heteroatoms. The van der Waals surface area contributed by atoms with E-state index < -0.39 is 11.6 Å². The molecule has 1 heterocycles. The quantitative estimate of drug-likeness (QED) is 0.907. The number of hydrogen-bond acceptors (Lipinski definition) is 2. The van der Waals surface area contributed by atoms with Crippen LogP contribution >= 0.6 is 0 Å². The summed E-state index contributed by atoms with van der Waals surface area (Å²) in [5.74, 6) is -1.07. The van der Waals surface area contributed by atoms with Crippen molar-refractivity contribution < 1.29 is 8.78 Å². The largest absolute Gasteiger partial charge is 0.367 e. The molecule has 1 aliphatic rings. The van der Waals surface area contributed by atoms with E-state index in [1.807, 2.05) is 4.90 Å². The number of rotatable bonds is 4. The monoisotopic (exact) mass is 268 g/mol. The Morgan fingerprint density at radius 2 is 2.11 bits per heavy atom. The van der Waals surface area contributed by atoms with Crippen molar-refractivity contribution in [3.63, 3.8) is 0 Å². The second-order valence-corrected chi connectivity index (χ2v) is 5.48. The van der Waals surface area contributed by atoms with Crippen LogP contribution in [0, 0.1) is 17.6 Å². The van der Waals surface area contributed by atoms with Crippen molar-refractivity contribution in [3.8, 4) is 0 Å². The maximum atomic E-state index is 13.8. The second-order valence-electron chi connectivity index (χ2n) is 5.48. The number of unbranched alkanes of at least 4 members (excludes halogenated alkanes) is 1. The third kappa shape index (κ3) is 3.44. The molecule has 2 nitrogen and oxygen atoms in total. The molecule has 0 aliphatic carbocycles. The van der Waals surface area contributed by atoms with E-state index in [-0.39, 0.29) is 6.04 Å². The van der Waals surface area contributed by atoms with Gasteiger partial charge in [0.15, 0.2) is 11.6 Å². The van der Waals surface area contributed by atoms with E-state index in [1.54, 1.807) is 12.1 Å². The molecule has 0 bridgehead atoms. The lowest BCUT2D eigenvalue weighted by Crippen LogP contribution is -2.47. The Hall–Kier alpha value is -1.16. The van der Waals surface area contributed by atoms with Crippen LogP contribution in [0.5, 0.6) is 0 Å². The summed E-state index contributed by atoms with van der Waals surface area (Å²) in [5.41, 5.74) is 6.40. The Labute approximate surface area is 113 Å². The molecule has 2 atom stereocenters. The number of nitrogens with zero attached hydrogens (tertiary/aromatic N) is 1. The zero-order valence-electron chi connectivity index (χ0n) is 11.4. The fourth-order valence-corrected chi connectivity index (χ4v) is 2.88. The highest BCUT2D eigenvalue weighted by molar-refractivity contribution is 5.48. The molecule has 1 saturated heterocycles. The molecule has 0 saturated carbocycles. The number of piperidine rings is 1. The Balaban J connectivity index is 2.12. The summed E-state index contributed by atoms with van der Waals surface area (Å²) in [7, 11) is 0. The van der Waals surface area contributed by atoms with Crippen LogP contribution in [-0.2, 0) is 0 Å². The maximum absolute atomic E-state index is 13.8. The molecular weight excluding hydrogens is 246 g/mol. The van der Waals surface area contributed by atoms with Crippen LogP contribution in [0.4, 0.5) is 14.5 Å². The van der Waals surface area contributed by atoms with Gasteiger partial charge in [-0.2, -0.15) is 0 Å². The minimum Gasteiger partial charge on any atom is -0.367 e. The van der Waals surface area contributed by atoms with Gasteiger partial charge in [0.1, 0.15) is 0 Å². The van der Waals surface area contributed by atoms with Crippen LogP contribution in [0.2, 0.25) is 0 Å². The topological polar surface area (TPSA) is 29.3 Å². The fourth-order valence-electron chi connectivity index (χ4n) is 2.88. The van der Waals surface area contributed by atoms with E-state index in [4.69, 9.17) is 5.73 Å². The Morgan fingerprint density at radius 1 is 1.32 bits per heavy atom. The van der Waals surface area contributed by atoms with Crippen molar-refractivity contribution in [1.82, 2.24) is 0 Å². The van der Waals surface area contributed by atoms with E-state index in [2.05, 4.69) is 6.92 Å². The minimum atomic E-state index is -0.790. The highest BCUT2D eigenvalue weighted by Gasteiger charge is 2.26. The molecule has 2 unspecified atom stereocenters.